The SMILES string of the molecule is CC(C(=O)N[C@@H](C)c1ccc(F)cc1F)n1c(=O)[nH]c2ccc(F)cc2c1=O. The molecule has 0 radical (unpaired) electrons. The number of benzene rings is 2. The van der Waals surface area contributed by atoms with Crippen LogP contribution in [0.2, 0.25) is 0 Å². The van der Waals surface area contributed by atoms with Gasteiger partial charge in [-0.3, -0.25) is 9.59 Å². The molecular formula is C19H16F3N3O3. The second-order valence-corrected chi connectivity index (χ2v) is 6.37. The number of hydrogen-bond acceptors (Lipinski definition) is 3. The Morgan fingerprint density at radius 2 is 1.68 bits per heavy atom. The van der Waals surface area contributed by atoms with Crippen molar-refractivity contribution in [3.8, 4) is 0 Å². The van der Waals surface area contributed by atoms with Gasteiger partial charge in [0.1, 0.15) is 23.5 Å². The lowest BCUT2D eigenvalue weighted by Gasteiger charge is -2.19. The van der Waals surface area contributed by atoms with Crippen LogP contribution in [0.15, 0.2) is 46.0 Å². The van der Waals surface area contributed by atoms with E-state index in [0.717, 1.165) is 18.2 Å². The Morgan fingerprint density at radius 3 is 2.36 bits per heavy atom. The highest BCUT2D eigenvalue weighted by atomic mass is 19.1. The number of carbonyl (C=O) groups is 1. The molecule has 2 N–H and O–H groups in total. The molecule has 1 heterocycles. The summed E-state index contributed by atoms with van der Waals surface area (Å²) in [6, 6.07) is 4.15. The summed E-state index contributed by atoms with van der Waals surface area (Å²) in [6.07, 6.45) is 0. The first-order valence-electron chi connectivity index (χ1n) is 8.38. The average molecular weight is 391 g/mol. The van der Waals surface area contributed by atoms with Crippen LogP contribution in [0.25, 0.3) is 10.9 Å². The lowest BCUT2D eigenvalue weighted by molar-refractivity contribution is -0.124. The van der Waals surface area contributed by atoms with Gasteiger partial charge in [0.25, 0.3) is 5.56 Å². The van der Waals surface area contributed by atoms with E-state index in [2.05, 4.69) is 10.3 Å². The fraction of sp³-hybridized carbons (Fsp3) is 0.211. The number of nitrogens with one attached hydrogen (secondary N) is 2. The molecule has 3 aromatic rings. The molecular weight excluding hydrogens is 375 g/mol. The lowest BCUT2D eigenvalue weighted by Crippen LogP contribution is -2.44. The van der Waals surface area contributed by atoms with E-state index >= 15 is 0 Å². The molecule has 2 aromatic carbocycles. The smallest absolute Gasteiger partial charge is 0.329 e. The van der Waals surface area contributed by atoms with Crippen LogP contribution < -0.4 is 16.6 Å². The predicted molar refractivity (Wildman–Crippen MR) is 96.4 cm³/mol. The molecule has 1 aromatic heterocycles. The van der Waals surface area contributed by atoms with Gasteiger partial charge in [0, 0.05) is 11.6 Å². The third-order valence-electron chi connectivity index (χ3n) is 4.45. The van der Waals surface area contributed by atoms with Gasteiger partial charge in [-0.2, -0.15) is 0 Å². The van der Waals surface area contributed by atoms with Gasteiger partial charge in [0.2, 0.25) is 5.91 Å². The number of carbonyl (C=O) groups excluding carboxylic acids is 1. The normalized spacial score (nSPS) is 13.3. The highest BCUT2D eigenvalue weighted by Crippen LogP contribution is 2.18. The minimum absolute atomic E-state index is 0.0452. The molecule has 2 atom stereocenters. The zero-order chi connectivity index (χ0) is 20.6. The van der Waals surface area contributed by atoms with Gasteiger partial charge in [0.15, 0.2) is 0 Å². The first-order chi connectivity index (χ1) is 13.2. The van der Waals surface area contributed by atoms with Gasteiger partial charge in [-0.05, 0) is 38.1 Å². The van der Waals surface area contributed by atoms with Gasteiger partial charge in [-0.1, -0.05) is 6.07 Å². The van der Waals surface area contributed by atoms with Crippen molar-refractivity contribution >= 4 is 16.8 Å². The Hall–Kier alpha value is -3.36. The van der Waals surface area contributed by atoms with E-state index in [-0.39, 0.29) is 16.5 Å². The molecule has 1 amide bonds. The summed E-state index contributed by atoms with van der Waals surface area (Å²) in [6.45, 7) is 2.79. The number of aromatic nitrogens is 2. The minimum Gasteiger partial charge on any atom is -0.348 e. The lowest BCUT2D eigenvalue weighted by atomic mass is 10.1. The second kappa shape index (κ2) is 7.34. The third kappa shape index (κ3) is 3.55. The fourth-order valence-electron chi connectivity index (χ4n) is 2.93. The first-order valence-corrected chi connectivity index (χ1v) is 8.38. The molecule has 3 rings (SSSR count). The Labute approximate surface area is 156 Å². The maximum Gasteiger partial charge on any atom is 0.329 e. The Bertz CT molecular complexity index is 1190. The highest BCUT2D eigenvalue weighted by molar-refractivity contribution is 5.81. The number of halogens is 3. The summed E-state index contributed by atoms with van der Waals surface area (Å²) in [5.74, 6) is -2.99. The Morgan fingerprint density at radius 1 is 1.04 bits per heavy atom. The molecule has 0 aliphatic heterocycles. The van der Waals surface area contributed by atoms with E-state index < -0.39 is 46.7 Å². The molecule has 146 valence electrons. The Balaban J connectivity index is 1.93. The number of hydrogen-bond donors (Lipinski definition) is 2. The van der Waals surface area contributed by atoms with Gasteiger partial charge >= 0.3 is 5.69 Å². The van der Waals surface area contributed by atoms with E-state index in [1.165, 1.54) is 26.0 Å². The number of nitrogens with zero attached hydrogens (tertiary/aromatic N) is 1. The van der Waals surface area contributed by atoms with Crippen LogP contribution in [0.3, 0.4) is 0 Å². The average Bonchev–Trinajstić information content (AvgIpc) is 2.62. The second-order valence-electron chi connectivity index (χ2n) is 6.37. The van der Waals surface area contributed by atoms with Crippen LogP contribution in [-0.2, 0) is 4.79 Å². The largest absolute Gasteiger partial charge is 0.348 e. The van der Waals surface area contributed by atoms with Crippen LogP contribution in [0.1, 0.15) is 31.5 Å². The van der Waals surface area contributed by atoms with Crippen molar-refractivity contribution in [1.29, 1.82) is 0 Å². The molecule has 6 nitrogen and oxygen atoms in total. The molecule has 1 unspecified atom stereocenters. The minimum atomic E-state index is -1.25. The number of rotatable bonds is 4. The third-order valence-corrected chi connectivity index (χ3v) is 4.45. The summed E-state index contributed by atoms with van der Waals surface area (Å²) in [7, 11) is 0. The highest BCUT2D eigenvalue weighted by Gasteiger charge is 2.23. The van der Waals surface area contributed by atoms with Crippen molar-refractivity contribution in [1.82, 2.24) is 14.9 Å². The van der Waals surface area contributed by atoms with Crippen LogP contribution >= 0.6 is 0 Å². The van der Waals surface area contributed by atoms with Crippen molar-refractivity contribution in [2.24, 2.45) is 0 Å². The van der Waals surface area contributed by atoms with Crippen molar-refractivity contribution in [3.05, 3.63) is 80.3 Å². The molecule has 0 aliphatic rings. The van der Waals surface area contributed by atoms with Gasteiger partial charge < -0.3 is 10.3 Å². The summed E-state index contributed by atoms with van der Waals surface area (Å²) < 4.78 is 41.0. The molecule has 0 spiro atoms. The maximum atomic E-state index is 13.9. The maximum absolute atomic E-state index is 13.9. The zero-order valence-corrected chi connectivity index (χ0v) is 14.9. The standard InChI is InChI=1S/C19H16F3N3O3/c1-9(13-5-3-12(21)8-15(13)22)23-17(26)10(2)25-18(27)14-7-11(20)4-6-16(14)24-19(25)28/h3-10H,1-2H3,(H,23,26)(H,24,28)/t9-,10?/m0/s1. The van der Waals surface area contributed by atoms with Gasteiger partial charge in [-0.15, -0.1) is 0 Å². The fourth-order valence-corrected chi connectivity index (χ4v) is 2.93. The molecule has 0 aliphatic carbocycles. The monoisotopic (exact) mass is 391 g/mol. The van der Waals surface area contributed by atoms with Crippen molar-refractivity contribution < 1.29 is 18.0 Å². The quantitative estimate of drug-likeness (QED) is 0.717. The van der Waals surface area contributed by atoms with Gasteiger partial charge in [0.05, 0.1) is 16.9 Å². The van der Waals surface area contributed by atoms with E-state index in [4.69, 9.17) is 0 Å². The molecule has 0 bridgehead atoms. The number of amides is 1. The first kappa shape index (κ1) is 19.4. The predicted octanol–water partition coefficient (Wildman–Crippen LogP) is 2.55. The van der Waals surface area contributed by atoms with Crippen LogP contribution in [0, 0.1) is 17.5 Å². The number of fused-ring (bicyclic) bond motifs is 1. The van der Waals surface area contributed by atoms with Crippen molar-refractivity contribution in [2.45, 2.75) is 25.9 Å². The molecule has 0 saturated heterocycles. The topological polar surface area (TPSA) is 84.0 Å². The summed E-state index contributed by atoms with van der Waals surface area (Å²) in [5, 5.41) is 2.39. The van der Waals surface area contributed by atoms with Crippen molar-refractivity contribution in [3.63, 3.8) is 0 Å². The molecule has 0 saturated carbocycles. The van der Waals surface area contributed by atoms with Crippen LogP contribution in [-0.4, -0.2) is 15.5 Å². The van der Waals surface area contributed by atoms with E-state index in [1.807, 2.05) is 0 Å². The van der Waals surface area contributed by atoms with Crippen LogP contribution in [0.4, 0.5) is 13.2 Å². The zero-order valence-electron chi connectivity index (χ0n) is 14.9. The Kier molecular flexibility index (Phi) is 5.08. The number of H-pyrrole nitrogens is 1. The van der Waals surface area contributed by atoms with E-state index in [0.29, 0.717) is 10.6 Å². The number of aromatic amines is 1. The summed E-state index contributed by atoms with van der Waals surface area (Å²) in [4.78, 5) is 39.8. The van der Waals surface area contributed by atoms with Crippen molar-refractivity contribution in [2.75, 3.05) is 0 Å². The summed E-state index contributed by atoms with van der Waals surface area (Å²) >= 11 is 0. The molecule has 9 heteroatoms. The van der Waals surface area contributed by atoms with Gasteiger partial charge in [-0.25, -0.2) is 22.5 Å². The molecule has 0 fully saturated rings. The van der Waals surface area contributed by atoms with E-state index in [1.54, 1.807) is 0 Å². The summed E-state index contributed by atoms with van der Waals surface area (Å²) in [5.41, 5.74) is -1.49. The van der Waals surface area contributed by atoms with E-state index in [9.17, 15) is 27.6 Å². The van der Waals surface area contributed by atoms with Crippen LogP contribution in [0.5, 0.6) is 0 Å². The molecule has 28 heavy (non-hydrogen) atoms.